The van der Waals surface area contributed by atoms with Gasteiger partial charge in [-0.3, -0.25) is 4.90 Å². The van der Waals surface area contributed by atoms with Crippen LogP contribution in [0.15, 0.2) is 78.0 Å². The van der Waals surface area contributed by atoms with E-state index in [0.29, 0.717) is 23.6 Å². The first-order chi connectivity index (χ1) is 15.0. The van der Waals surface area contributed by atoms with Gasteiger partial charge in [0.2, 0.25) is 0 Å². The second-order valence-corrected chi connectivity index (χ2v) is 7.35. The number of nitrogens with zero attached hydrogens (tertiary/aromatic N) is 1. The highest BCUT2D eigenvalue weighted by molar-refractivity contribution is 5.98. The molecule has 6 nitrogen and oxygen atoms in total. The third-order valence-electron chi connectivity index (χ3n) is 5.62. The Balaban J connectivity index is 1.89. The highest BCUT2D eigenvalue weighted by Gasteiger charge is 2.38. The van der Waals surface area contributed by atoms with E-state index in [-0.39, 0.29) is 6.03 Å². The minimum absolute atomic E-state index is 0.283. The third kappa shape index (κ3) is 3.72. The summed E-state index contributed by atoms with van der Waals surface area (Å²) in [6, 6.07) is 20.3. The molecule has 2 amide bonds. The van der Waals surface area contributed by atoms with Gasteiger partial charge in [0.05, 0.1) is 32.4 Å². The molecule has 0 bridgehead atoms. The van der Waals surface area contributed by atoms with Crippen LogP contribution in [0.2, 0.25) is 0 Å². The summed E-state index contributed by atoms with van der Waals surface area (Å²) in [7, 11) is 2.92. The zero-order chi connectivity index (χ0) is 22.0. The number of ether oxygens (including phenoxy) is 2. The molecule has 1 N–H and O–H groups in total. The number of carbonyl (C=O) groups excluding carboxylic acids is 2. The molecule has 6 heteroatoms. The van der Waals surface area contributed by atoms with Crippen LogP contribution in [0.3, 0.4) is 0 Å². The van der Waals surface area contributed by atoms with Gasteiger partial charge in [-0.05, 0) is 29.3 Å². The molecule has 0 aliphatic carbocycles. The number of allylic oxidation sites excluding steroid dienone is 1. The van der Waals surface area contributed by atoms with Crippen LogP contribution in [0.4, 0.5) is 4.79 Å². The highest BCUT2D eigenvalue weighted by Crippen LogP contribution is 2.40. The first-order valence-corrected chi connectivity index (χ1v) is 10.0. The number of nitrogens with one attached hydrogen (secondary N) is 1. The van der Waals surface area contributed by atoms with Gasteiger partial charge in [-0.25, -0.2) is 9.59 Å². The average Bonchev–Trinajstić information content (AvgIpc) is 2.80. The number of rotatable bonds is 5. The third-order valence-corrected chi connectivity index (χ3v) is 5.62. The van der Waals surface area contributed by atoms with Crippen molar-refractivity contribution < 1.29 is 19.1 Å². The van der Waals surface area contributed by atoms with E-state index in [4.69, 9.17) is 9.47 Å². The van der Waals surface area contributed by atoms with E-state index in [0.717, 1.165) is 21.9 Å². The minimum Gasteiger partial charge on any atom is -0.496 e. The molecule has 0 radical (unpaired) electrons. The number of urea groups is 1. The number of fused-ring (bicyclic) bond motifs is 1. The molecular formula is C25H24N2O4. The molecule has 1 atom stereocenters. The number of hydrogen-bond donors (Lipinski definition) is 1. The van der Waals surface area contributed by atoms with E-state index in [2.05, 4.69) is 5.32 Å². The van der Waals surface area contributed by atoms with Crippen molar-refractivity contribution >= 4 is 22.8 Å². The maximum atomic E-state index is 13.2. The molecule has 1 aliphatic heterocycles. The molecule has 31 heavy (non-hydrogen) atoms. The predicted octanol–water partition coefficient (Wildman–Crippen LogP) is 4.56. The van der Waals surface area contributed by atoms with E-state index >= 15 is 0 Å². The summed E-state index contributed by atoms with van der Waals surface area (Å²) in [6.45, 7) is 2.12. The molecule has 0 unspecified atom stereocenters. The van der Waals surface area contributed by atoms with Crippen LogP contribution in [0.1, 0.15) is 24.1 Å². The number of esters is 1. The molecule has 1 heterocycles. The monoisotopic (exact) mass is 416 g/mol. The fraction of sp³-hybridized carbons (Fsp3) is 0.200. The lowest BCUT2D eigenvalue weighted by Gasteiger charge is -2.36. The van der Waals surface area contributed by atoms with Crippen molar-refractivity contribution in [3.05, 3.63) is 89.1 Å². The lowest BCUT2D eigenvalue weighted by Crippen LogP contribution is -2.47. The van der Waals surface area contributed by atoms with Crippen molar-refractivity contribution in [3.63, 3.8) is 0 Å². The Kier molecular flexibility index (Phi) is 5.62. The molecule has 1 aliphatic rings. The summed E-state index contributed by atoms with van der Waals surface area (Å²) in [4.78, 5) is 27.6. The number of carbonyl (C=O) groups is 2. The first-order valence-electron chi connectivity index (χ1n) is 10.0. The number of benzene rings is 3. The van der Waals surface area contributed by atoms with E-state index in [9.17, 15) is 9.59 Å². The SMILES string of the molecule is COC(=O)C1=C(C)N(Cc2ccccc2)C(=O)N[C@@H]1c1c(OC)ccc2ccccc12. The van der Waals surface area contributed by atoms with Gasteiger partial charge in [-0.15, -0.1) is 0 Å². The van der Waals surface area contributed by atoms with E-state index in [1.54, 1.807) is 18.9 Å². The van der Waals surface area contributed by atoms with E-state index in [1.807, 2.05) is 66.7 Å². The van der Waals surface area contributed by atoms with Crippen molar-refractivity contribution in [2.75, 3.05) is 14.2 Å². The standard InChI is InChI=1S/C25H24N2O4/c1-16-21(24(28)31-3)23(26-25(29)27(16)15-17-9-5-4-6-10-17)22-19-12-8-7-11-18(19)13-14-20(22)30-2/h4-14,23H,15H2,1-3H3,(H,26,29)/t23-/m0/s1. The smallest absolute Gasteiger partial charge is 0.337 e. The van der Waals surface area contributed by atoms with Gasteiger partial charge in [-0.2, -0.15) is 0 Å². The Hall–Kier alpha value is -3.80. The predicted molar refractivity (Wildman–Crippen MR) is 118 cm³/mol. The molecule has 3 aromatic carbocycles. The van der Waals surface area contributed by atoms with Crippen LogP contribution >= 0.6 is 0 Å². The lowest BCUT2D eigenvalue weighted by molar-refractivity contribution is -0.136. The molecule has 4 rings (SSSR count). The largest absolute Gasteiger partial charge is 0.496 e. The molecular weight excluding hydrogens is 392 g/mol. The fourth-order valence-corrected chi connectivity index (χ4v) is 4.08. The molecule has 0 saturated carbocycles. The Morgan fingerprint density at radius 3 is 2.42 bits per heavy atom. The zero-order valence-corrected chi connectivity index (χ0v) is 17.7. The van der Waals surface area contributed by atoms with Gasteiger partial charge in [0.1, 0.15) is 5.75 Å². The Labute approximate surface area is 181 Å². The fourth-order valence-electron chi connectivity index (χ4n) is 4.08. The second kappa shape index (κ2) is 8.52. The summed E-state index contributed by atoms with van der Waals surface area (Å²) in [5.74, 6) is 0.102. The molecule has 158 valence electrons. The summed E-state index contributed by atoms with van der Waals surface area (Å²) < 4.78 is 10.7. The van der Waals surface area contributed by atoms with Crippen LogP contribution in [0.5, 0.6) is 5.75 Å². The van der Waals surface area contributed by atoms with Crippen molar-refractivity contribution in [3.8, 4) is 5.75 Å². The summed E-state index contributed by atoms with van der Waals surface area (Å²) in [5.41, 5.74) is 2.63. The lowest BCUT2D eigenvalue weighted by atomic mass is 9.90. The van der Waals surface area contributed by atoms with Crippen molar-refractivity contribution in [1.29, 1.82) is 0 Å². The number of hydrogen-bond acceptors (Lipinski definition) is 4. The summed E-state index contributed by atoms with van der Waals surface area (Å²) in [6.07, 6.45) is 0. The van der Waals surface area contributed by atoms with Gasteiger partial charge in [-0.1, -0.05) is 60.7 Å². The summed E-state index contributed by atoms with van der Waals surface area (Å²) in [5, 5.41) is 4.90. The zero-order valence-electron chi connectivity index (χ0n) is 17.7. The van der Waals surface area contributed by atoms with E-state index < -0.39 is 12.0 Å². The van der Waals surface area contributed by atoms with Gasteiger partial charge in [0, 0.05) is 11.3 Å². The van der Waals surface area contributed by atoms with Crippen LogP contribution in [0.25, 0.3) is 10.8 Å². The Morgan fingerprint density at radius 1 is 1.00 bits per heavy atom. The average molecular weight is 416 g/mol. The van der Waals surface area contributed by atoms with E-state index in [1.165, 1.54) is 7.11 Å². The second-order valence-electron chi connectivity index (χ2n) is 7.35. The minimum atomic E-state index is -0.701. The Bertz CT molecular complexity index is 1170. The molecule has 0 fully saturated rings. The van der Waals surface area contributed by atoms with Gasteiger partial charge in [0.25, 0.3) is 0 Å². The van der Waals surface area contributed by atoms with Crippen LogP contribution in [-0.2, 0) is 16.1 Å². The van der Waals surface area contributed by atoms with Crippen molar-refractivity contribution in [2.45, 2.75) is 19.5 Å². The van der Waals surface area contributed by atoms with Gasteiger partial charge in [0.15, 0.2) is 0 Å². The van der Waals surface area contributed by atoms with Crippen LogP contribution < -0.4 is 10.1 Å². The molecule has 3 aromatic rings. The Morgan fingerprint density at radius 2 is 1.71 bits per heavy atom. The topological polar surface area (TPSA) is 67.9 Å². The molecule has 0 saturated heterocycles. The van der Waals surface area contributed by atoms with Crippen LogP contribution in [0, 0.1) is 0 Å². The molecule has 0 spiro atoms. The highest BCUT2D eigenvalue weighted by atomic mass is 16.5. The molecule has 0 aromatic heterocycles. The number of amides is 2. The van der Waals surface area contributed by atoms with Crippen molar-refractivity contribution in [2.24, 2.45) is 0 Å². The number of methoxy groups -OCH3 is 2. The quantitative estimate of drug-likeness (QED) is 0.619. The van der Waals surface area contributed by atoms with Gasteiger partial charge >= 0.3 is 12.0 Å². The summed E-state index contributed by atoms with van der Waals surface area (Å²) >= 11 is 0. The maximum absolute atomic E-state index is 13.2. The maximum Gasteiger partial charge on any atom is 0.337 e. The van der Waals surface area contributed by atoms with Crippen molar-refractivity contribution in [1.82, 2.24) is 10.2 Å². The van der Waals surface area contributed by atoms with Gasteiger partial charge < -0.3 is 14.8 Å². The normalized spacial score (nSPS) is 16.3. The van der Waals surface area contributed by atoms with Crippen LogP contribution in [-0.4, -0.2) is 31.1 Å². The first kappa shape index (κ1) is 20.5.